The second-order valence-electron chi connectivity index (χ2n) is 29.9. The second-order valence-corrected chi connectivity index (χ2v) is 35.9. The Morgan fingerprint density at radius 2 is 0.833 bits per heavy atom. The maximum absolute atomic E-state index is 13.8. The summed E-state index contributed by atoms with van der Waals surface area (Å²) in [6, 6.07) is 16.9. The fourth-order valence-corrected chi connectivity index (χ4v) is 12.0. The van der Waals surface area contributed by atoms with Gasteiger partial charge in [0.1, 0.15) is 28.7 Å². The van der Waals surface area contributed by atoms with Crippen molar-refractivity contribution in [2.75, 3.05) is 52.8 Å². The van der Waals surface area contributed by atoms with E-state index >= 15 is 0 Å². The van der Waals surface area contributed by atoms with Gasteiger partial charge in [-0.2, -0.15) is 0 Å². The summed E-state index contributed by atoms with van der Waals surface area (Å²) in [6.07, 6.45) is 6.47. The molecule has 0 saturated carbocycles. The van der Waals surface area contributed by atoms with E-state index in [1.807, 2.05) is 74.5 Å². The van der Waals surface area contributed by atoms with Crippen LogP contribution >= 0.6 is 12.4 Å². The van der Waals surface area contributed by atoms with Crippen molar-refractivity contribution in [2.45, 2.75) is 207 Å². The predicted octanol–water partition coefficient (Wildman–Crippen LogP) is 4.44. The standard InChI is InChI=1S/C29H40FN3O6S.C26H36FN3O6S.C22H28FN3O6S.ClH.2Na.H2O/c1-18(2)25-23(15-14-21-16-22(38-29(6,7)37-21)17-24(34)39-28(3,4)5)26(19-10-12-20(30)13-11-19)32-27(31-25)33(8)40(9,35)36;1-16(2)23-21(13-12-19(31)14-20(32)15-22(33)36-26(3,4)5)24(17-8-10-18(27)11-9-17)29-25(28-23)30(6)37(7,34)35;1-13(2)20-18(10-9-16(27)11-17(28)12-19(29)30)21(14-5-7-15(23)8-6-14)25-22(24-20)26(3)33(4,31)32;;;;/h10-15,18,21-22H,16-17H2,1-9H3;8-13,16,19-20,31-32H,14-15H2,1-7H3;5-10,13,16-17,27-28H,11-12H2,1-4H3,(H,29,30);1H;;;1H2/q;;;;2*+1;/p-2/b15-14+;13-12+;10-9+;;;;/t21-,22-;19-,20-;16-,17-;;;;/m111..../s1. The van der Waals surface area contributed by atoms with Gasteiger partial charge in [0.15, 0.2) is 5.79 Å². The maximum Gasteiger partial charge on any atom is 1.00 e. The Bertz CT molecular complexity index is 4640. The fourth-order valence-electron chi connectivity index (χ4n) is 10.8. The molecule has 0 amide bonds. The molecular weight excluding hydrogens is 1590 g/mol. The molecular formula is C77H105ClF3N9Na2O19S3. The molecule has 3 aromatic heterocycles. The molecule has 4 heterocycles. The number of rotatable bonds is 28. The topological polar surface area (TPSA) is 412 Å². The molecule has 1 saturated heterocycles. The van der Waals surface area contributed by atoms with Crippen LogP contribution in [0, 0.1) is 17.5 Å². The number of halogens is 4. The number of aromatic nitrogens is 6. The molecule has 114 heavy (non-hydrogen) atoms. The molecule has 0 spiro atoms. The molecule has 1 aliphatic rings. The van der Waals surface area contributed by atoms with Gasteiger partial charge in [-0.1, -0.05) is 78.0 Å². The summed E-state index contributed by atoms with van der Waals surface area (Å²) in [5, 5.41) is 51.3. The van der Waals surface area contributed by atoms with Crippen LogP contribution in [-0.2, 0) is 63.4 Å². The first-order valence-electron chi connectivity index (χ1n) is 35.2. The minimum atomic E-state index is -3.66. The van der Waals surface area contributed by atoms with Gasteiger partial charge in [-0.25, -0.2) is 81.2 Å². The summed E-state index contributed by atoms with van der Waals surface area (Å²) >= 11 is 0. The molecule has 0 aliphatic carbocycles. The van der Waals surface area contributed by atoms with Crippen molar-refractivity contribution in [1.82, 2.24) is 29.9 Å². The van der Waals surface area contributed by atoms with Gasteiger partial charge >= 0.3 is 71.1 Å². The summed E-state index contributed by atoms with van der Waals surface area (Å²) in [6.45, 7) is 25.5. The number of sulfonamides is 3. The molecule has 0 unspecified atom stereocenters. The van der Waals surface area contributed by atoms with Crippen molar-refractivity contribution in [3.05, 3.63) is 142 Å². The number of aliphatic hydroxyl groups is 4. The van der Waals surface area contributed by atoms with Crippen LogP contribution in [0.25, 0.3) is 52.0 Å². The van der Waals surface area contributed by atoms with E-state index in [2.05, 4.69) is 29.9 Å². The minimum absolute atomic E-state index is 0. The van der Waals surface area contributed by atoms with Gasteiger partial charge in [0.25, 0.3) is 0 Å². The van der Waals surface area contributed by atoms with Gasteiger partial charge in [0.2, 0.25) is 47.9 Å². The summed E-state index contributed by atoms with van der Waals surface area (Å²) in [4.78, 5) is 62.0. The molecule has 1 fully saturated rings. The second kappa shape index (κ2) is 44.9. The van der Waals surface area contributed by atoms with E-state index in [4.69, 9.17) is 18.9 Å². The van der Waals surface area contributed by atoms with Crippen LogP contribution in [0.2, 0.25) is 0 Å². The summed E-state index contributed by atoms with van der Waals surface area (Å²) in [7, 11) is -6.88. The first-order chi connectivity index (χ1) is 50.6. The minimum Gasteiger partial charge on any atom is -0.870 e. The van der Waals surface area contributed by atoms with Crippen LogP contribution < -0.4 is 77.1 Å². The average molecular weight is 1700 g/mol. The first-order valence-corrected chi connectivity index (χ1v) is 40.8. The monoisotopic (exact) mass is 1690 g/mol. The number of aliphatic carboxylic acids is 1. The Morgan fingerprint density at radius 1 is 0.535 bits per heavy atom. The van der Waals surface area contributed by atoms with E-state index in [1.54, 1.807) is 52.8 Å². The third-order valence-electron chi connectivity index (χ3n) is 16.1. The largest absolute Gasteiger partial charge is 1.00 e. The third-order valence-corrected chi connectivity index (χ3v) is 19.6. The Labute approximate surface area is 718 Å². The number of carboxylic acid groups (broad SMARTS) is 1. The molecule has 0 bridgehead atoms. The van der Waals surface area contributed by atoms with Crippen molar-refractivity contribution < 1.29 is 162 Å². The summed E-state index contributed by atoms with van der Waals surface area (Å²) < 4.78 is 140. The molecule has 3 aromatic carbocycles. The quantitative estimate of drug-likeness (QED) is 0.0389. The zero-order valence-corrected chi connectivity index (χ0v) is 75.8. The Morgan fingerprint density at radius 3 is 1.12 bits per heavy atom. The van der Waals surface area contributed by atoms with Crippen LogP contribution in [0.15, 0.2) is 91.0 Å². The Kier molecular flexibility index (Phi) is 41.6. The van der Waals surface area contributed by atoms with E-state index in [1.165, 1.54) is 100 Å². The number of hydrogen-bond acceptors (Lipinski definition) is 25. The molecule has 0 radical (unpaired) electrons. The van der Waals surface area contributed by atoms with Crippen molar-refractivity contribution in [2.24, 2.45) is 0 Å². The van der Waals surface area contributed by atoms with Crippen LogP contribution in [0.1, 0.15) is 187 Å². The molecule has 5 N–H and O–H groups in total. The van der Waals surface area contributed by atoms with Gasteiger partial charge < -0.3 is 54.8 Å². The number of nitrogens with zero attached hydrogens (tertiary/aromatic N) is 9. The van der Waals surface area contributed by atoms with E-state index < -0.39 is 119 Å². The zero-order chi connectivity index (χ0) is 83.1. The van der Waals surface area contributed by atoms with Crippen molar-refractivity contribution in [3.63, 3.8) is 0 Å². The Balaban J connectivity index is 0.000000844. The molecule has 37 heteroatoms. The SMILES string of the molecule is CC(C)c1nc(N(C)S(C)(=O)=O)nc(-c2ccc(F)cc2)c1/C=C/[C@@H](O)C[C@@H](O)CC(=O)OC(C)(C)C.CC(C)c1nc(N(C)S(C)(=O)=O)nc(-c2ccc(F)cc2)c1/C=C/[C@@H](O)C[C@@H](O)CC(=O)[O-].CC(C)c1nc(N(C)S(C)(=O)=O)nc(-c2ccc(F)cc2)c1/C=C/[C@@H]1C[C@H](CC(=O)OC(C)(C)C)OC(C)(C)O1.Cl.[Na+].[Na+].[OH-]. The number of benzene rings is 3. The van der Waals surface area contributed by atoms with E-state index in [-0.39, 0.29) is 144 Å². The fraction of sp³-hybridized carbons (Fsp3) is 0.494. The maximum atomic E-state index is 13.8. The number of hydrogen-bond donors (Lipinski definition) is 4. The molecule has 6 atom stereocenters. The summed E-state index contributed by atoms with van der Waals surface area (Å²) in [5.41, 5.74) is 4.70. The summed E-state index contributed by atoms with van der Waals surface area (Å²) in [5.74, 6) is -5.14. The van der Waals surface area contributed by atoms with Gasteiger partial charge in [0, 0.05) is 86.2 Å². The van der Waals surface area contributed by atoms with Gasteiger partial charge in [-0.05, 0) is 146 Å². The number of carboxylic acids is 1. The molecule has 6 aromatic rings. The smallest absolute Gasteiger partial charge is 0.870 e. The number of esters is 2. The molecule has 1 aliphatic heterocycles. The normalized spacial score (nSPS) is 15.5. The van der Waals surface area contributed by atoms with E-state index in [9.17, 15) is 78.3 Å². The van der Waals surface area contributed by atoms with Crippen molar-refractivity contribution >= 4 is 96.5 Å². The molecule has 28 nitrogen and oxygen atoms in total. The van der Waals surface area contributed by atoms with Gasteiger partial charge in [-0.15, -0.1) is 12.4 Å². The number of ether oxygens (including phenoxy) is 4. The third kappa shape index (κ3) is 33.9. The van der Waals surface area contributed by atoms with Gasteiger partial charge in [-0.3, -0.25) is 9.59 Å². The van der Waals surface area contributed by atoms with Crippen LogP contribution in [0.4, 0.5) is 31.0 Å². The first kappa shape index (κ1) is 106. The number of carbonyl (C=O) groups is 3. The molecule has 620 valence electrons. The zero-order valence-electron chi connectivity index (χ0n) is 68.6. The number of aliphatic hydroxyl groups excluding tert-OH is 4. The van der Waals surface area contributed by atoms with E-state index in [0.29, 0.717) is 74.0 Å². The van der Waals surface area contributed by atoms with Crippen LogP contribution in [0.3, 0.4) is 0 Å². The van der Waals surface area contributed by atoms with Gasteiger partial charge in [0.05, 0.1) is 102 Å². The number of anilines is 3. The van der Waals surface area contributed by atoms with Crippen molar-refractivity contribution in [1.29, 1.82) is 0 Å². The number of carbonyl (C=O) groups excluding carboxylic acids is 3. The van der Waals surface area contributed by atoms with Crippen molar-refractivity contribution in [3.8, 4) is 33.8 Å². The van der Waals surface area contributed by atoms with Crippen LogP contribution in [0.5, 0.6) is 0 Å². The average Bonchev–Trinajstić information content (AvgIpc) is 0.789. The predicted molar refractivity (Wildman–Crippen MR) is 423 cm³/mol. The molecule has 7 rings (SSSR count). The van der Waals surface area contributed by atoms with Crippen LogP contribution in [-0.4, -0.2) is 192 Å². The van der Waals surface area contributed by atoms with E-state index in [0.717, 1.165) is 31.7 Å². The Hall–Kier alpha value is -6.42.